The zero-order valence-corrected chi connectivity index (χ0v) is 11.9. The second kappa shape index (κ2) is 7.26. The lowest BCUT2D eigenvalue weighted by Gasteiger charge is -2.10. The molecule has 5 heteroatoms. The van der Waals surface area contributed by atoms with Crippen molar-refractivity contribution in [2.45, 2.75) is 19.8 Å². The first-order valence-electron chi connectivity index (χ1n) is 6.96. The molecule has 0 bridgehead atoms. The van der Waals surface area contributed by atoms with Crippen LogP contribution in [-0.4, -0.2) is 32.3 Å². The molecule has 3 N–H and O–H groups in total. The summed E-state index contributed by atoms with van der Waals surface area (Å²) in [6.07, 6.45) is 1.41. The molecular formula is C15H22N2O3. The van der Waals surface area contributed by atoms with Crippen LogP contribution in [0.3, 0.4) is 0 Å². The highest BCUT2D eigenvalue weighted by molar-refractivity contribution is 5.91. The SMILES string of the molecule is Cc1cc(N)ccc1NC(=O)CCOCC1CCOC1. The zero-order valence-electron chi connectivity index (χ0n) is 11.9. The number of hydrogen-bond donors (Lipinski definition) is 2. The number of nitrogens with two attached hydrogens (primary N) is 1. The van der Waals surface area contributed by atoms with Crippen LogP contribution in [0.5, 0.6) is 0 Å². The third-order valence-electron chi connectivity index (χ3n) is 3.38. The van der Waals surface area contributed by atoms with Crippen LogP contribution in [0.4, 0.5) is 11.4 Å². The Labute approximate surface area is 119 Å². The molecular weight excluding hydrogens is 256 g/mol. The lowest BCUT2D eigenvalue weighted by atomic mass is 10.1. The minimum atomic E-state index is -0.0412. The summed E-state index contributed by atoms with van der Waals surface area (Å²) < 4.78 is 10.8. The molecule has 1 heterocycles. The molecule has 0 saturated carbocycles. The van der Waals surface area contributed by atoms with Crippen molar-refractivity contribution in [1.29, 1.82) is 0 Å². The number of carbonyl (C=O) groups is 1. The summed E-state index contributed by atoms with van der Waals surface area (Å²) in [7, 11) is 0. The fraction of sp³-hybridized carbons (Fsp3) is 0.533. The summed E-state index contributed by atoms with van der Waals surface area (Å²) in [6, 6.07) is 5.44. The molecule has 1 fully saturated rings. The Morgan fingerprint density at radius 1 is 1.55 bits per heavy atom. The number of rotatable bonds is 6. The maximum atomic E-state index is 11.8. The maximum Gasteiger partial charge on any atom is 0.226 e. The van der Waals surface area contributed by atoms with Gasteiger partial charge in [-0.3, -0.25) is 4.79 Å². The predicted octanol–water partition coefficient (Wildman–Crippen LogP) is 1.96. The number of nitrogen functional groups attached to an aromatic ring is 1. The molecule has 0 radical (unpaired) electrons. The predicted molar refractivity (Wildman–Crippen MR) is 78.6 cm³/mol. The van der Waals surface area contributed by atoms with E-state index < -0.39 is 0 Å². The van der Waals surface area contributed by atoms with Gasteiger partial charge in [-0.05, 0) is 37.1 Å². The van der Waals surface area contributed by atoms with E-state index >= 15 is 0 Å². The minimum absolute atomic E-state index is 0.0412. The quantitative estimate of drug-likeness (QED) is 0.616. The van der Waals surface area contributed by atoms with Gasteiger partial charge in [0.05, 0.1) is 26.2 Å². The van der Waals surface area contributed by atoms with Gasteiger partial charge in [0.1, 0.15) is 0 Å². The molecule has 1 aromatic carbocycles. The van der Waals surface area contributed by atoms with Gasteiger partial charge < -0.3 is 20.5 Å². The lowest BCUT2D eigenvalue weighted by Crippen LogP contribution is -2.17. The Morgan fingerprint density at radius 3 is 3.10 bits per heavy atom. The largest absolute Gasteiger partial charge is 0.399 e. The van der Waals surface area contributed by atoms with Gasteiger partial charge >= 0.3 is 0 Å². The standard InChI is InChI=1S/C15H22N2O3/c1-11-8-13(16)2-3-14(11)17-15(18)5-7-20-10-12-4-6-19-9-12/h2-3,8,12H,4-7,9-10,16H2,1H3,(H,17,18). The smallest absolute Gasteiger partial charge is 0.226 e. The van der Waals surface area contributed by atoms with Crippen molar-refractivity contribution in [2.75, 3.05) is 37.5 Å². The molecule has 110 valence electrons. The fourth-order valence-electron chi connectivity index (χ4n) is 2.17. The van der Waals surface area contributed by atoms with Crippen molar-refractivity contribution < 1.29 is 14.3 Å². The van der Waals surface area contributed by atoms with E-state index in [4.69, 9.17) is 15.2 Å². The van der Waals surface area contributed by atoms with Gasteiger partial charge in [-0.25, -0.2) is 0 Å². The Bertz CT molecular complexity index is 456. The van der Waals surface area contributed by atoms with Crippen LogP contribution in [0.1, 0.15) is 18.4 Å². The molecule has 0 aromatic heterocycles. The number of anilines is 2. The van der Waals surface area contributed by atoms with Crippen molar-refractivity contribution in [1.82, 2.24) is 0 Å². The number of ether oxygens (including phenoxy) is 2. The van der Waals surface area contributed by atoms with Crippen LogP contribution >= 0.6 is 0 Å². The lowest BCUT2D eigenvalue weighted by molar-refractivity contribution is -0.117. The van der Waals surface area contributed by atoms with Crippen molar-refractivity contribution >= 4 is 17.3 Å². The van der Waals surface area contributed by atoms with E-state index in [2.05, 4.69) is 5.32 Å². The van der Waals surface area contributed by atoms with E-state index in [0.717, 1.165) is 30.9 Å². The summed E-state index contributed by atoms with van der Waals surface area (Å²) >= 11 is 0. The number of hydrogen-bond acceptors (Lipinski definition) is 4. The number of nitrogens with one attached hydrogen (secondary N) is 1. The first-order chi connectivity index (χ1) is 9.65. The van der Waals surface area contributed by atoms with Gasteiger partial charge in [-0.1, -0.05) is 0 Å². The third-order valence-corrected chi connectivity index (χ3v) is 3.38. The molecule has 1 amide bonds. The summed E-state index contributed by atoms with van der Waals surface area (Å²) in [5.74, 6) is 0.443. The van der Waals surface area contributed by atoms with Crippen LogP contribution < -0.4 is 11.1 Å². The fourth-order valence-corrected chi connectivity index (χ4v) is 2.17. The van der Waals surface area contributed by atoms with Crippen molar-refractivity contribution in [2.24, 2.45) is 5.92 Å². The van der Waals surface area contributed by atoms with Crippen LogP contribution in [0.2, 0.25) is 0 Å². The molecule has 1 saturated heterocycles. The van der Waals surface area contributed by atoms with E-state index in [1.54, 1.807) is 6.07 Å². The molecule has 1 atom stereocenters. The van der Waals surface area contributed by atoms with E-state index in [1.807, 2.05) is 19.1 Å². The summed E-state index contributed by atoms with van der Waals surface area (Å²) in [4.78, 5) is 11.8. The highest BCUT2D eigenvalue weighted by Gasteiger charge is 2.15. The average molecular weight is 278 g/mol. The van der Waals surface area contributed by atoms with Crippen LogP contribution in [-0.2, 0) is 14.3 Å². The maximum absolute atomic E-state index is 11.8. The van der Waals surface area contributed by atoms with E-state index in [1.165, 1.54) is 0 Å². The zero-order chi connectivity index (χ0) is 14.4. The number of aryl methyl sites for hydroxylation is 1. The molecule has 2 rings (SSSR count). The number of benzene rings is 1. The Balaban J connectivity index is 1.67. The number of carbonyl (C=O) groups excluding carboxylic acids is 1. The topological polar surface area (TPSA) is 73.6 Å². The minimum Gasteiger partial charge on any atom is -0.399 e. The van der Waals surface area contributed by atoms with Gasteiger partial charge in [0.25, 0.3) is 0 Å². The van der Waals surface area contributed by atoms with E-state index in [-0.39, 0.29) is 5.91 Å². The van der Waals surface area contributed by atoms with Crippen LogP contribution in [0.25, 0.3) is 0 Å². The van der Waals surface area contributed by atoms with Crippen molar-refractivity contribution in [3.63, 3.8) is 0 Å². The van der Waals surface area contributed by atoms with Gasteiger partial charge in [-0.2, -0.15) is 0 Å². The molecule has 20 heavy (non-hydrogen) atoms. The highest BCUT2D eigenvalue weighted by Crippen LogP contribution is 2.17. The van der Waals surface area contributed by atoms with Gasteiger partial charge in [-0.15, -0.1) is 0 Å². The first-order valence-corrected chi connectivity index (χ1v) is 6.96. The van der Waals surface area contributed by atoms with Crippen molar-refractivity contribution in [3.8, 4) is 0 Å². The second-order valence-electron chi connectivity index (χ2n) is 5.18. The average Bonchev–Trinajstić information content (AvgIpc) is 2.91. The Kier molecular flexibility index (Phi) is 5.38. The van der Waals surface area contributed by atoms with Gasteiger partial charge in [0.15, 0.2) is 0 Å². The molecule has 1 aromatic rings. The summed E-state index contributed by atoms with van der Waals surface area (Å²) in [5.41, 5.74) is 8.13. The summed E-state index contributed by atoms with van der Waals surface area (Å²) in [5, 5.41) is 2.87. The van der Waals surface area contributed by atoms with Crippen molar-refractivity contribution in [3.05, 3.63) is 23.8 Å². The molecule has 1 aliphatic heterocycles. The number of amides is 1. The third kappa shape index (κ3) is 4.51. The molecule has 1 aliphatic rings. The molecule has 0 aliphatic carbocycles. The van der Waals surface area contributed by atoms with Crippen LogP contribution in [0, 0.1) is 12.8 Å². The first kappa shape index (κ1) is 14.8. The monoisotopic (exact) mass is 278 g/mol. The Morgan fingerprint density at radius 2 is 2.40 bits per heavy atom. The molecule has 1 unspecified atom stereocenters. The Hall–Kier alpha value is -1.59. The van der Waals surface area contributed by atoms with E-state index in [0.29, 0.717) is 31.2 Å². The van der Waals surface area contributed by atoms with E-state index in [9.17, 15) is 4.79 Å². The normalized spacial score (nSPS) is 18.1. The molecule has 5 nitrogen and oxygen atoms in total. The molecule has 0 spiro atoms. The highest BCUT2D eigenvalue weighted by atomic mass is 16.5. The summed E-state index contributed by atoms with van der Waals surface area (Å²) in [6.45, 7) is 4.63. The second-order valence-corrected chi connectivity index (χ2v) is 5.18. The van der Waals surface area contributed by atoms with Crippen LogP contribution in [0.15, 0.2) is 18.2 Å². The van der Waals surface area contributed by atoms with Gasteiger partial charge in [0, 0.05) is 23.9 Å². The van der Waals surface area contributed by atoms with Gasteiger partial charge in [0.2, 0.25) is 5.91 Å².